The third-order valence-electron chi connectivity index (χ3n) is 9.27. The van der Waals surface area contributed by atoms with Crippen molar-refractivity contribution >= 4 is 34.6 Å². The topological polar surface area (TPSA) is 26.5 Å². The van der Waals surface area contributed by atoms with Gasteiger partial charge in [0.15, 0.2) is 0 Å². The predicted octanol–water partition coefficient (Wildman–Crippen LogP) is 11.4. The van der Waals surface area contributed by atoms with Crippen LogP contribution in [-0.4, -0.2) is 16.4 Å². The monoisotopic (exact) mass is 632 g/mol. The molecule has 1 aliphatic heterocycles. The molecular weight excluding hydrogens is 595 g/mol. The van der Waals surface area contributed by atoms with Gasteiger partial charge >= 0.3 is 0 Å². The molecule has 0 N–H and O–H groups in total. The van der Waals surface area contributed by atoms with E-state index in [2.05, 4.69) is 123 Å². The van der Waals surface area contributed by atoms with E-state index in [4.69, 9.17) is 32.9 Å². The van der Waals surface area contributed by atoms with E-state index < -0.39 is 5.60 Å². The number of rotatable bonds is 6. The van der Waals surface area contributed by atoms with Crippen molar-refractivity contribution in [3.05, 3.63) is 136 Å². The highest BCUT2D eigenvalue weighted by Crippen LogP contribution is 2.57. The Bertz CT molecular complexity index is 1880. The molecule has 1 aliphatic carbocycles. The summed E-state index contributed by atoms with van der Waals surface area (Å²) in [6.45, 7) is 9.72. The van der Waals surface area contributed by atoms with Crippen LogP contribution in [0.2, 0.25) is 10.0 Å². The van der Waals surface area contributed by atoms with Crippen molar-refractivity contribution in [2.75, 3.05) is 0 Å². The van der Waals surface area contributed by atoms with Gasteiger partial charge in [0.1, 0.15) is 11.3 Å². The number of hydrogen-bond acceptors (Lipinski definition) is 2. The summed E-state index contributed by atoms with van der Waals surface area (Å²) in [4.78, 5) is 5.07. The van der Waals surface area contributed by atoms with Crippen LogP contribution in [0.1, 0.15) is 57.2 Å². The summed E-state index contributed by atoms with van der Waals surface area (Å²) < 4.78 is 10.1. The van der Waals surface area contributed by atoms with Gasteiger partial charge in [-0.3, -0.25) is 4.99 Å². The normalized spacial score (nSPS) is 19.7. The van der Waals surface area contributed by atoms with Crippen LogP contribution >= 0.6 is 23.2 Å². The maximum absolute atomic E-state index is 7.71. The maximum atomic E-state index is 7.71. The highest BCUT2D eigenvalue weighted by atomic mass is 35.5. The minimum absolute atomic E-state index is 0.0722. The first-order chi connectivity index (χ1) is 21.7. The molecule has 0 spiro atoms. The average Bonchev–Trinajstić information content (AvgIpc) is 3.58. The number of fused-ring (bicyclic) bond motifs is 5. The Morgan fingerprint density at radius 3 is 2.27 bits per heavy atom. The summed E-state index contributed by atoms with van der Waals surface area (Å²) in [7, 11) is 0. The van der Waals surface area contributed by atoms with E-state index in [0.29, 0.717) is 15.7 Å². The van der Waals surface area contributed by atoms with Gasteiger partial charge in [-0.05, 0) is 66.1 Å². The van der Waals surface area contributed by atoms with Crippen molar-refractivity contribution in [2.45, 2.75) is 58.8 Å². The Morgan fingerprint density at radius 2 is 1.51 bits per heavy atom. The number of aromatic nitrogens is 1. The van der Waals surface area contributed by atoms with E-state index in [1.807, 2.05) is 18.2 Å². The molecule has 7 rings (SSSR count). The second-order valence-electron chi connectivity index (χ2n) is 13.6. The molecule has 5 aromatic rings. The van der Waals surface area contributed by atoms with Crippen molar-refractivity contribution in [2.24, 2.45) is 16.3 Å². The minimum atomic E-state index is -0.757. The highest BCUT2D eigenvalue weighted by Gasteiger charge is 2.50. The zero-order valence-electron chi connectivity index (χ0n) is 26.2. The van der Waals surface area contributed by atoms with Crippen molar-refractivity contribution in [1.82, 2.24) is 4.57 Å². The molecule has 228 valence electrons. The number of hydrogen-bond donors (Lipinski definition) is 0. The van der Waals surface area contributed by atoms with Crippen LogP contribution in [0.5, 0.6) is 0 Å². The number of aliphatic imine (C=N–C) groups is 1. The summed E-state index contributed by atoms with van der Waals surface area (Å²) in [6, 6.07) is 36.2. The van der Waals surface area contributed by atoms with Crippen LogP contribution in [-0.2, 0) is 16.9 Å². The fourth-order valence-corrected chi connectivity index (χ4v) is 7.94. The third kappa shape index (κ3) is 5.35. The summed E-state index contributed by atoms with van der Waals surface area (Å²) >= 11 is 13.2. The van der Waals surface area contributed by atoms with Gasteiger partial charge in [0.25, 0.3) is 0 Å². The Balaban J connectivity index is 1.41. The van der Waals surface area contributed by atoms with E-state index in [0.717, 1.165) is 30.7 Å². The molecule has 1 aromatic heterocycles. The van der Waals surface area contributed by atoms with Crippen molar-refractivity contribution in [1.29, 1.82) is 0 Å². The molecule has 3 nitrogen and oxygen atoms in total. The smallest absolute Gasteiger partial charge is 0.146 e. The Kier molecular flexibility index (Phi) is 7.76. The summed E-state index contributed by atoms with van der Waals surface area (Å²) in [5, 5.41) is 1.12. The molecular formula is C40H38Cl2N2O. The van der Waals surface area contributed by atoms with Gasteiger partial charge in [0.2, 0.25) is 0 Å². The SMILES string of the molecule is CC(=Nc1c(Cl)cccc1Cl)C(CC1Cn2cccc2-c2cccc3c2C(c2ccccc2)(O1)c1ccccc1-3)CC(C)(C)C. The van der Waals surface area contributed by atoms with E-state index >= 15 is 0 Å². The second kappa shape index (κ2) is 11.6. The van der Waals surface area contributed by atoms with E-state index in [1.54, 1.807) is 0 Å². The van der Waals surface area contributed by atoms with Gasteiger partial charge in [0.05, 0.1) is 16.1 Å². The number of para-hydroxylation sites is 1. The van der Waals surface area contributed by atoms with Gasteiger partial charge in [-0.2, -0.15) is 0 Å². The van der Waals surface area contributed by atoms with E-state index in [1.165, 1.54) is 33.5 Å². The summed E-state index contributed by atoms with van der Waals surface area (Å²) in [5.74, 6) is 0.139. The first kappa shape index (κ1) is 30.0. The molecule has 2 aliphatic rings. The third-order valence-corrected chi connectivity index (χ3v) is 9.88. The fourth-order valence-electron chi connectivity index (χ4n) is 7.46. The molecule has 3 unspecified atom stereocenters. The van der Waals surface area contributed by atoms with Crippen molar-refractivity contribution in [3.8, 4) is 22.4 Å². The maximum Gasteiger partial charge on any atom is 0.146 e. The molecule has 0 fully saturated rings. The first-order valence-corrected chi connectivity index (χ1v) is 16.5. The predicted molar refractivity (Wildman–Crippen MR) is 188 cm³/mol. The van der Waals surface area contributed by atoms with Gasteiger partial charge < -0.3 is 9.30 Å². The standard InChI is InChI=1S/C40H38Cl2N2O/c1-26(43-38-34(41)19-11-20-35(38)42)27(24-39(2,3)4)23-29-25-44-22-12-21-36(44)32-17-10-16-31-30-15-8-9-18-33(30)40(45-29,37(31)32)28-13-6-5-7-14-28/h5-22,27,29H,23-25H2,1-4H3. The van der Waals surface area contributed by atoms with Gasteiger partial charge in [-0.25, -0.2) is 0 Å². The Hall–Kier alpha value is -3.63. The molecule has 0 saturated heterocycles. The van der Waals surface area contributed by atoms with Gasteiger partial charge in [0, 0.05) is 46.8 Å². The summed E-state index contributed by atoms with van der Waals surface area (Å²) in [5.41, 5.74) is 9.43. The molecule has 0 amide bonds. The van der Waals surface area contributed by atoms with Crippen molar-refractivity contribution < 1.29 is 4.74 Å². The lowest BCUT2D eigenvalue weighted by Gasteiger charge is -2.41. The first-order valence-electron chi connectivity index (χ1n) is 15.8. The van der Waals surface area contributed by atoms with Crippen LogP contribution in [0.3, 0.4) is 0 Å². The van der Waals surface area contributed by atoms with Crippen LogP contribution < -0.4 is 0 Å². The molecule has 0 saturated carbocycles. The lowest BCUT2D eigenvalue weighted by Crippen LogP contribution is -2.40. The lowest BCUT2D eigenvalue weighted by atomic mass is 9.78. The van der Waals surface area contributed by atoms with Crippen LogP contribution in [0.4, 0.5) is 5.69 Å². The Morgan fingerprint density at radius 1 is 0.844 bits per heavy atom. The number of ether oxygens (including phenoxy) is 1. The van der Waals surface area contributed by atoms with E-state index in [9.17, 15) is 0 Å². The molecule has 5 heteroatoms. The van der Waals surface area contributed by atoms with Crippen LogP contribution in [0, 0.1) is 11.3 Å². The molecule has 4 aromatic carbocycles. The fraction of sp³-hybridized carbons (Fsp3) is 0.275. The molecule has 3 atom stereocenters. The number of benzene rings is 4. The van der Waals surface area contributed by atoms with Crippen molar-refractivity contribution in [3.63, 3.8) is 0 Å². The van der Waals surface area contributed by atoms with Gasteiger partial charge in [-0.15, -0.1) is 0 Å². The molecule has 45 heavy (non-hydrogen) atoms. The highest BCUT2D eigenvalue weighted by molar-refractivity contribution is 6.38. The largest absolute Gasteiger partial charge is 0.356 e. The summed E-state index contributed by atoms with van der Waals surface area (Å²) in [6.07, 6.45) is 3.80. The number of nitrogens with zero attached hydrogens (tertiary/aromatic N) is 2. The molecule has 0 bridgehead atoms. The average molecular weight is 634 g/mol. The number of halogens is 2. The Labute approximate surface area is 276 Å². The van der Waals surface area contributed by atoms with E-state index in [-0.39, 0.29) is 17.4 Å². The van der Waals surface area contributed by atoms with Crippen LogP contribution in [0.15, 0.2) is 114 Å². The molecule has 0 radical (unpaired) electrons. The molecule has 2 heterocycles. The quantitative estimate of drug-likeness (QED) is 0.171. The van der Waals surface area contributed by atoms with Gasteiger partial charge in [-0.1, -0.05) is 123 Å². The zero-order chi connectivity index (χ0) is 31.3. The van der Waals surface area contributed by atoms with Crippen LogP contribution in [0.25, 0.3) is 22.4 Å². The zero-order valence-corrected chi connectivity index (χ0v) is 27.7. The lowest BCUT2D eigenvalue weighted by molar-refractivity contribution is -0.0615. The minimum Gasteiger partial charge on any atom is -0.356 e. The second-order valence-corrected chi connectivity index (χ2v) is 14.4.